The Hall–Kier alpha value is -0.450. The molecule has 2 nitrogen and oxygen atoms in total. The predicted molar refractivity (Wildman–Crippen MR) is 68.2 cm³/mol. The first kappa shape index (κ1) is 13.6. The molecular weight excluding hydrogens is 271 g/mol. The van der Waals surface area contributed by atoms with Crippen LogP contribution in [0.5, 0.6) is 0 Å². The molecule has 0 amide bonds. The minimum Gasteiger partial charge on any atom is -0.271 e. The van der Waals surface area contributed by atoms with E-state index in [2.05, 4.69) is 35.2 Å². The molecule has 0 saturated carbocycles. The van der Waals surface area contributed by atoms with Gasteiger partial charge in [0.15, 0.2) is 0 Å². The van der Waals surface area contributed by atoms with E-state index in [0.717, 1.165) is 22.9 Å². The van der Waals surface area contributed by atoms with Gasteiger partial charge in [-0.2, -0.15) is 0 Å². The van der Waals surface area contributed by atoms with Crippen LogP contribution in [0.25, 0.3) is 0 Å². The van der Waals surface area contributed by atoms with Crippen molar-refractivity contribution in [1.29, 1.82) is 0 Å². The third-order valence-corrected chi connectivity index (χ3v) is 3.40. The van der Waals surface area contributed by atoms with Gasteiger partial charge in [0.05, 0.1) is 0 Å². The van der Waals surface area contributed by atoms with Gasteiger partial charge >= 0.3 is 0 Å². The summed E-state index contributed by atoms with van der Waals surface area (Å²) in [5, 5.41) is 0. The number of rotatable bonds is 5. The van der Waals surface area contributed by atoms with E-state index in [4.69, 9.17) is 5.84 Å². The summed E-state index contributed by atoms with van der Waals surface area (Å²) >= 11 is 3.29. The van der Waals surface area contributed by atoms with Crippen LogP contribution in [0.2, 0.25) is 0 Å². The third-order valence-electron chi connectivity index (χ3n) is 2.94. The molecule has 0 aliphatic heterocycles. The first-order valence-electron chi connectivity index (χ1n) is 5.54. The molecule has 0 spiro atoms. The van der Waals surface area contributed by atoms with E-state index in [1.165, 1.54) is 12.1 Å². The molecule has 1 atom stereocenters. The molecule has 3 N–H and O–H groups in total. The van der Waals surface area contributed by atoms with Crippen LogP contribution in [0.1, 0.15) is 38.3 Å². The van der Waals surface area contributed by atoms with Gasteiger partial charge in [-0.3, -0.25) is 11.3 Å². The molecule has 0 aliphatic carbocycles. The lowest BCUT2D eigenvalue weighted by Gasteiger charge is -2.25. The highest BCUT2D eigenvalue weighted by Crippen LogP contribution is 2.29. The Bertz CT molecular complexity index is 320. The number of nitrogens with two attached hydrogens (primary N) is 1. The van der Waals surface area contributed by atoms with Gasteiger partial charge in [0, 0.05) is 10.5 Å². The summed E-state index contributed by atoms with van der Waals surface area (Å²) in [6.45, 7) is 4.24. The van der Waals surface area contributed by atoms with Crippen LogP contribution in [0.15, 0.2) is 22.7 Å². The standard InChI is InChI=1S/C12H18BrFN2/c1-3-8(4-2)12(16-15)9-5-10(13)7-11(14)6-9/h5-8,12,16H,3-4,15H2,1-2H3. The van der Waals surface area contributed by atoms with Gasteiger partial charge in [0.25, 0.3) is 0 Å². The molecule has 1 rings (SSSR count). The van der Waals surface area contributed by atoms with Crippen molar-refractivity contribution in [3.05, 3.63) is 34.1 Å². The van der Waals surface area contributed by atoms with Crippen LogP contribution >= 0.6 is 15.9 Å². The Morgan fingerprint density at radius 1 is 1.31 bits per heavy atom. The van der Waals surface area contributed by atoms with E-state index in [9.17, 15) is 4.39 Å². The van der Waals surface area contributed by atoms with E-state index in [1.54, 1.807) is 0 Å². The fourth-order valence-corrected chi connectivity index (χ4v) is 2.50. The fourth-order valence-electron chi connectivity index (χ4n) is 2.02. The summed E-state index contributed by atoms with van der Waals surface area (Å²) in [5.41, 5.74) is 3.68. The Morgan fingerprint density at radius 3 is 2.38 bits per heavy atom. The van der Waals surface area contributed by atoms with Gasteiger partial charge < -0.3 is 0 Å². The first-order chi connectivity index (χ1) is 7.62. The molecule has 0 aromatic heterocycles. The average molecular weight is 289 g/mol. The normalized spacial score (nSPS) is 13.1. The molecule has 0 aliphatic rings. The number of hydrogen-bond donors (Lipinski definition) is 2. The predicted octanol–water partition coefficient (Wildman–Crippen LogP) is 3.53. The van der Waals surface area contributed by atoms with Crippen molar-refractivity contribution in [1.82, 2.24) is 5.43 Å². The van der Waals surface area contributed by atoms with E-state index in [1.807, 2.05) is 6.07 Å². The van der Waals surface area contributed by atoms with Crippen LogP contribution in [0.4, 0.5) is 4.39 Å². The first-order valence-corrected chi connectivity index (χ1v) is 6.33. The van der Waals surface area contributed by atoms with Crippen molar-refractivity contribution in [3.63, 3.8) is 0 Å². The monoisotopic (exact) mass is 288 g/mol. The fraction of sp³-hybridized carbons (Fsp3) is 0.500. The van der Waals surface area contributed by atoms with Crippen molar-refractivity contribution >= 4 is 15.9 Å². The molecular formula is C12H18BrFN2. The SMILES string of the molecule is CCC(CC)C(NN)c1cc(F)cc(Br)c1. The van der Waals surface area contributed by atoms with Crippen LogP contribution in [0.3, 0.4) is 0 Å². The minimum atomic E-state index is -0.240. The number of nitrogens with one attached hydrogen (secondary N) is 1. The smallest absolute Gasteiger partial charge is 0.124 e. The zero-order valence-electron chi connectivity index (χ0n) is 9.63. The molecule has 0 fully saturated rings. The van der Waals surface area contributed by atoms with Crippen molar-refractivity contribution in [2.45, 2.75) is 32.7 Å². The second-order valence-corrected chi connectivity index (χ2v) is 4.84. The highest BCUT2D eigenvalue weighted by Gasteiger charge is 2.19. The molecule has 1 unspecified atom stereocenters. The Balaban J connectivity index is 3.02. The lowest BCUT2D eigenvalue weighted by Crippen LogP contribution is -2.33. The third kappa shape index (κ3) is 3.27. The lowest BCUT2D eigenvalue weighted by atomic mass is 9.89. The molecule has 1 aromatic rings. The van der Waals surface area contributed by atoms with Gasteiger partial charge in [-0.1, -0.05) is 42.6 Å². The second kappa shape index (κ2) is 6.33. The van der Waals surface area contributed by atoms with Gasteiger partial charge in [-0.25, -0.2) is 4.39 Å². The molecule has 4 heteroatoms. The van der Waals surface area contributed by atoms with Crippen LogP contribution < -0.4 is 11.3 Å². The minimum absolute atomic E-state index is 0.00185. The van der Waals surface area contributed by atoms with Gasteiger partial charge in [-0.15, -0.1) is 0 Å². The molecule has 0 radical (unpaired) electrons. The van der Waals surface area contributed by atoms with E-state index in [0.29, 0.717) is 5.92 Å². The van der Waals surface area contributed by atoms with Crippen LogP contribution in [-0.4, -0.2) is 0 Å². The average Bonchev–Trinajstić information content (AvgIpc) is 2.24. The topological polar surface area (TPSA) is 38.0 Å². The van der Waals surface area contributed by atoms with Gasteiger partial charge in [0.2, 0.25) is 0 Å². The van der Waals surface area contributed by atoms with E-state index < -0.39 is 0 Å². The van der Waals surface area contributed by atoms with Gasteiger partial charge in [-0.05, 0) is 29.7 Å². The maximum Gasteiger partial charge on any atom is 0.124 e. The van der Waals surface area contributed by atoms with Crippen molar-refractivity contribution in [3.8, 4) is 0 Å². The van der Waals surface area contributed by atoms with Crippen molar-refractivity contribution in [2.75, 3.05) is 0 Å². The Labute approximate surface area is 105 Å². The Kier molecular flexibility index (Phi) is 5.38. The number of hydrazine groups is 1. The summed E-state index contributed by atoms with van der Waals surface area (Å²) < 4.78 is 14.0. The zero-order valence-corrected chi connectivity index (χ0v) is 11.2. The highest BCUT2D eigenvalue weighted by molar-refractivity contribution is 9.10. The molecule has 0 heterocycles. The number of hydrogen-bond acceptors (Lipinski definition) is 2. The van der Waals surface area contributed by atoms with Gasteiger partial charge in [0.1, 0.15) is 5.82 Å². The van der Waals surface area contributed by atoms with E-state index >= 15 is 0 Å². The lowest BCUT2D eigenvalue weighted by molar-refractivity contribution is 0.344. The molecule has 0 saturated heterocycles. The molecule has 1 aromatic carbocycles. The molecule has 0 bridgehead atoms. The van der Waals surface area contributed by atoms with Crippen LogP contribution in [0, 0.1) is 11.7 Å². The summed E-state index contributed by atoms with van der Waals surface area (Å²) in [7, 11) is 0. The zero-order chi connectivity index (χ0) is 12.1. The van der Waals surface area contributed by atoms with Crippen LogP contribution in [-0.2, 0) is 0 Å². The summed E-state index contributed by atoms with van der Waals surface area (Å²) in [6, 6.07) is 4.89. The number of halogens is 2. The molecule has 16 heavy (non-hydrogen) atoms. The van der Waals surface area contributed by atoms with Crippen molar-refractivity contribution < 1.29 is 4.39 Å². The largest absolute Gasteiger partial charge is 0.271 e. The second-order valence-electron chi connectivity index (χ2n) is 3.92. The Morgan fingerprint density at radius 2 is 1.94 bits per heavy atom. The summed E-state index contributed by atoms with van der Waals surface area (Å²) in [5.74, 6) is 5.74. The van der Waals surface area contributed by atoms with Crippen molar-refractivity contribution in [2.24, 2.45) is 11.8 Å². The number of benzene rings is 1. The highest BCUT2D eigenvalue weighted by atomic mass is 79.9. The maximum absolute atomic E-state index is 13.3. The van der Waals surface area contributed by atoms with E-state index in [-0.39, 0.29) is 11.9 Å². The maximum atomic E-state index is 13.3. The summed E-state index contributed by atoms with van der Waals surface area (Å²) in [6.07, 6.45) is 2.03. The molecule has 90 valence electrons. The summed E-state index contributed by atoms with van der Waals surface area (Å²) in [4.78, 5) is 0. The quantitative estimate of drug-likeness (QED) is 0.643.